The number of nitrogens with zero attached hydrogens (tertiary/aromatic N) is 2. The summed E-state index contributed by atoms with van der Waals surface area (Å²) in [6, 6.07) is 11.6. The predicted molar refractivity (Wildman–Crippen MR) is 77.5 cm³/mol. The Morgan fingerprint density at radius 3 is 2.32 bits per heavy atom. The highest BCUT2D eigenvalue weighted by atomic mass is 19.2. The van der Waals surface area contributed by atoms with E-state index in [1.807, 2.05) is 30.3 Å². The summed E-state index contributed by atoms with van der Waals surface area (Å²) in [7, 11) is 0. The summed E-state index contributed by atoms with van der Waals surface area (Å²) in [5, 5.41) is 7.81. The maximum atomic E-state index is 14.2. The molecule has 1 aromatic heterocycles. The number of halogens is 3. The number of aromatic nitrogens is 2. The fourth-order valence-electron chi connectivity index (χ4n) is 2.20. The van der Waals surface area contributed by atoms with E-state index in [9.17, 15) is 13.2 Å². The summed E-state index contributed by atoms with van der Waals surface area (Å²) < 4.78 is 41.1. The summed E-state index contributed by atoms with van der Waals surface area (Å²) >= 11 is 0. The summed E-state index contributed by atoms with van der Waals surface area (Å²) in [5.74, 6) is -3.07. The second-order valence-electron chi connectivity index (χ2n) is 4.85. The van der Waals surface area contributed by atoms with E-state index in [1.54, 1.807) is 6.07 Å². The Balaban J connectivity index is 2.15. The SMILES string of the molecule is Cc1c(F)c(F)cc(-c2cnnc(-c3ccccc3)c2)c1F. The van der Waals surface area contributed by atoms with E-state index < -0.39 is 17.5 Å². The van der Waals surface area contributed by atoms with Crippen LogP contribution in [0.15, 0.2) is 48.7 Å². The van der Waals surface area contributed by atoms with Crippen LogP contribution >= 0.6 is 0 Å². The summed E-state index contributed by atoms with van der Waals surface area (Å²) in [6.07, 6.45) is 1.32. The lowest BCUT2D eigenvalue weighted by molar-refractivity contribution is 0.487. The highest BCUT2D eigenvalue weighted by Crippen LogP contribution is 2.29. The van der Waals surface area contributed by atoms with Gasteiger partial charge in [0.25, 0.3) is 0 Å². The van der Waals surface area contributed by atoms with Crippen molar-refractivity contribution in [1.29, 1.82) is 0 Å². The molecule has 0 saturated heterocycles. The molecule has 1 heterocycles. The molecular formula is C17H11F3N2. The van der Waals surface area contributed by atoms with Gasteiger partial charge in [0.15, 0.2) is 11.6 Å². The Hall–Kier alpha value is -2.69. The van der Waals surface area contributed by atoms with Gasteiger partial charge in [0.2, 0.25) is 0 Å². The van der Waals surface area contributed by atoms with Crippen molar-refractivity contribution in [2.45, 2.75) is 6.92 Å². The van der Waals surface area contributed by atoms with Crippen molar-refractivity contribution in [3.05, 3.63) is 71.7 Å². The van der Waals surface area contributed by atoms with Gasteiger partial charge in [-0.25, -0.2) is 13.2 Å². The second-order valence-corrected chi connectivity index (χ2v) is 4.85. The van der Waals surface area contributed by atoms with E-state index >= 15 is 0 Å². The van der Waals surface area contributed by atoms with Gasteiger partial charge in [-0.2, -0.15) is 10.2 Å². The monoisotopic (exact) mass is 300 g/mol. The minimum atomic E-state index is -1.17. The highest BCUT2D eigenvalue weighted by Gasteiger charge is 2.17. The first-order valence-electron chi connectivity index (χ1n) is 6.60. The van der Waals surface area contributed by atoms with E-state index in [2.05, 4.69) is 10.2 Å². The van der Waals surface area contributed by atoms with Gasteiger partial charge in [-0.15, -0.1) is 0 Å². The van der Waals surface area contributed by atoms with Gasteiger partial charge in [0, 0.05) is 22.3 Å². The lowest BCUT2D eigenvalue weighted by Crippen LogP contribution is -1.98. The zero-order chi connectivity index (χ0) is 15.7. The van der Waals surface area contributed by atoms with Crippen LogP contribution in [-0.4, -0.2) is 10.2 Å². The molecule has 2 nitrogen and oxygen atoms in total. The van der Waals surface area contributed by atoms with Crippen molar-refractivity contribution >= 4 is 0 Å². The lowest BCUT2D eigenvalue weighted by atomic mass is 10.0. The van der Waals surface area contributed by atoms with E-state index in [1.165, 1.54) is 13.1 Å². The summed E-state index contributed by atoms with van der Waals surface area (Å²) in [5.41, 5.74) is 1.28. The van der Waals surface area contributed by atoms with E-state index in [0.29, 0.717) is 11.3 Å². The largest absolute Gasteiger partial charge is 0.206 e. The molecule has 0 atom stereocenters. The van der Waals surface area contributed by atoms with E-state index in [4.69, 9.17) is 0 Å². The third-order valence-corrected chi connectivity index (χ3v) is 3.41. The topological polar surface area (TPSA) is 25.8 Å². The molecule has 2 aromatic carbocycles. The molecule has 0 saturated carbocycles. The molecule has 0 N–H and O–H groups in total. The van der Waals surface area contributed by atoms with Crippen molar-refractivity contribution in [3.8, 4) is 22.4 Å². The minimum absolute atomic E-state index is 0.0384. The zero-order valence-electron chi connectivity index (χ0n) is 11.6. The van der Waals surface area contributed by atoms with Gasteiger partial charge >= 0.3 is 0 Å². The van der Waals surface area contributed by atoms with Crippen LogP contribution in [0.1, 0.15) is 5.56 Å². The van der Waals surface area contributed by atoms with Crippen molar-refractivity contribution < 1.29 is 13.2 Å². The molecule has 3 aromatic rings. The molecule has 5 heteroatoms. The number of benzene rings is 2. The standard InChI is InChI=1S/C17H11F3N2/c1-10-16(19)13(8-14(18)17(10)20)12-7-15(22-21-9-12)11-5-3-2-4-6-11/h2-9H,1H3. The van der Waals surface area contributed by atoms with Crippen molar-refractivity contribution in [1.82, 2.24) is 10.2 Å². The van der Waals surface area contributed by atoms with Gasteiger partial charge in [-0.05, 0) is 19.1 Å². The van der Waals surface area contributed by atoms with Crippen molar-refractivity contribution in [2.75, 3.05) is 0 Å². The Morgan fingerprint density at radius 1 is 0.864 bits per heavy atom. The van der Waals surface area contributed by atoms with Crippen molar-refractivity contribution in [2.24, 2.45) is 0 Å². The molecule has 0 aliphatic heterocycles. The number of rotatable bonds is 2. The van der Waals surface area contributed by atoms with Crippen LogP contribution in [-0.2, 0) is 0 Å². The summed E-state index contributed by atoms with van der Waals surface area (Å²) in [4.78, 5) is 0. The number of hydrogen-bond donors (Lipinski definition) is 0. The Kier molecular flexibility index (Phi) is 3.63. The summed E-state index contributed by atoms with van der Waals surface area (Å²) in [6.45, 7) is 1.20. The first-order chi connectivity index (χ1) is 10.6. The van der Waals surface area contributed by atoms with E-state index in [0.717, 1.165) is 11.6 Å². The Morgan fingerprint density at radius 2 is 1.59 bits per heavy atom. The molecule has 0 bridgehead atoms. The van der Waals surface area contributed by atoms with Crippen LogP contribution in [0.5, 0.6) is 0 Å². The third kappa shape index (κ3) is 2.45. The molecule has 22 heavy (non-hydrogen) atoms. The van der Waals surface area contributed by atoms with E-state index in [-0.39, 0.29) is 11.1 Å². The first-order valence-corrected chi connectivity index (χ1v) is 6.60. The highest BCUT2D eigenvalue weighted by molar-refractivity contribution is 5.70. The van der Waals surface area contributed by atoms with Gasteiger partial charge in [-0.1, -0.05) is 30.3 Å². The molecule has 0 spiro atoms. The predicted octanol–water partition coefficient (Wildman–Crippen LogP) is 4.54. The maximum absolute atomic E-state index is 14.2. The first kappa shape index (κ1) is 14.3. The molecule has 110 valence electrons. The van der Waals surface area contributed by atoms with Gasteiger partial charge < -0.3 is 0 Å². The third-order valence-electron chi connectivity index (χ3n) is 3.41. The van der Waals surface area contributed by atoms with Crippen LogP contribution in [0.3, 0.4) is 0 Å². The maximum Gasteiger partial charge on any atom is 0.164 e. The minimum Gasteiger partial charge on any atom is -0.206 e. The van der Waals surface area contributed by atoms with Gasteiger partial charge in [0.1, 0.15) is 5.82 Å². The molecular weight excluding hydrogens is 289 g/mol. The Bertz CT molecular complexity index is 833. The molecule has 0 aliphatic rings. The fraction of sp³-hybridized carbons (Fsp3) is 0.0588. The van der Waals surface area contributed by atoms with Crippen LogP contribution in [0, 0.1) is 24.4 Å². The second kappa shape index (κ2) is 5.60. The van der Waals surface area contributed by atoms with Crippen LogP contribution in [0.25, 0.3) is 22.4 Å². The Labute approximate surface area is 125 Å². The van der Waals surface area contributed by atoms with Crippen LogP contribution in [0.4, 0.5) is 13.2 Å². The van der Waals surface area contributed by atoms with Crippen molar-refractivity contribution in [3.63, 3.8) is 0 Å². The normalized spacial score (nSPS) is 10.7. The molecule has 0 unspecified atom stereocenters. The molecule has 0 aliphatic carbocycles. The van der Waals surface area contributed by atoms with Gasteiger partial charge in [-0.3, -0.25) is 0 Å². The molecule has 3 rings (SSSR count). The molecule has 0 radical (unpaired) electrons. The van der Waals surface area contributed by atoms with Crippen LogP contribution in [0.2, 0.25) is 0 Å². The van der Waals surface area contributed by atoms with Gasteiger partial charge in [0.05, 0.1) is 11.9 Å². The lowest BCUT2D eigenvalue weighted by Gasteiger charge is -2.08. The average Bonchev–Trinajstić information content (AvgIpc) is 2.57. The molecule has 0 amide bonds. The fourth-order valence-corrected chi connectivity index (χ4v) is 2.20. The average molecular weight is 300 g/mol. The number of hydrogen-bond acceptors (Lipinski definition) is 2. The smallest absolute Gasteiger partial charge is 0.164 e. The molecule has 0 fully saturated rings. The quantitative estimate of drug-likeness (QED) is 0.649. The zero-order valence-corrected chi connectivity index (χ0v) is 11.6. The van der Waals surface area contributed by atoms with Crippen LogP contribution < -0.4 is 0 Å².